The van der Waals surface area contributed by atoms with Crippen molar-refractivity contribution in [1.82, 2.24) is 0 Å². The molecule has 0 saturated carbocycles. The van der Waals surface area contributed by atoms with Gasteiger partial charge in [-0.25, -0.2) is 0 Å². The van der Waals surface area contributed by atoms with Crippen LogP contribution in [0.3, 0.4) is 0 Å². The first-order valence-corrected chi connectivity index (χ1v) is 5.60. The van der Waals surface area contributed by atoms with Crippen LogP contribution < -0.4 is 0 Å². The van der Waals surface area contributed by atoms with Crippen molar-refractivity contribution in [2.24, 2.45) is 5.92 Å². The van der Waals surface area contributed by atoms with Crippen LogP contribution in [0.1, 0.15) is 37.8 Å². The Balaban J connectivity index is 3.22. The maximum atomic E-state index is 11.6. The van der Waals surface area contributed by atoms with E-state index in [9.17, 15) is 14.9 Å². The van der Waals surface area contributed by atoms with E-state index in [0.29, 0.717) is 0 Å². The number of ketones is 1. The molecule has 92 valence electrons. The van der Waals surface area contributed by atoms with Crippen molar-refractivity contribution in [2.75, 3.05) is 0 Å². The molecule has 1 aromatic rings. The quantitative estimate of drug-likeness (QED) is 0.594. The summed E-state index contributed by atoms with van der Waals surface area (Å²) in [6.45, 7) is 7.33. The number of carbonyl (C=O) groups excluding carboxylic acids is 1. The topological polar surface area (TPSA) is 60.2 Å². The highest BCUT2D eigenvalue weighted by Crippen LogP contribution is 2.30. The molecule has 0 heterocycles. The van der Waals surface area contributed by atoms with E-state index >= 15 is 0 Å². The van der Waals surface area contributed by atoms with Crippen LogP contribution in [0.25, 0.3) is 0 Å². The molecule has 1 unspecified atom stereocenters. The molecule has 0 amide bonds. The molecule has 1 atom stereocenters. The van der Waals surface area contributed by atoms with E-state index in [1.165, 1.54) is 12.1 Å². The van der Waals surface area contributed by atoms with Gasteiger partial charge in [0.15, 0.2) is 0 Å². The molecule has 0 fully saturated rings. The van der Waals surface area contributed by atoms with Gasteiger partial charge in [-0.3, -0.25) is 14.9 Å². The summed E-state index contributed by atoms with van der Waals surface area (Å²) in [6.07, 6.45) is 0. The predicted octanol–water partition coefficient (Wildman–Crippen LogP) is 3.23. The Kier molecular flexibility index (Phi) is 3.99. The number of benzene rings is 1. The fraction of sp³-hybridized carbons (Fsp3) is 0.462. The molecule has 4 nitrogen and oxygen atoms in total. The normalized spacial score (nSPS) is 12.5. The molecule has 0 spiro atoms. The first-order valence-electron chi connectivity index (χ1n) is 5.60. The minimum absolute atomic E-state index is 0.0670. The summed E-state index contributed by atoms with van der Waals surface area (Å²) in [5.41, 5.74) is 1.75. The Morgan fingerprint density at radius 1 is 1.35 bits per heavy atom. The van der Waals surface area contributed by atoms with Gasteiger partial charge < -0.3 is 0 Å². The Bertz CT molecular complexity index is 452. The van der Waals surface area contributed by atoms with Gasteiger partial charge in [0.05, 0.1) is 4.92 Å². The van der Waals surface area contributed by atoms with Crippen molar-refractivity contribution < 1.29 is 9.72 Å². The van der Waals surface area contributed by atoms with E-state index in [0.717, 1.165) is 11.1 Å². The number of aryl methyl sites for hydroxylation is 1. The van der Waals surface area contributed by atoms with Gasteiger partial charge >= 0.3 is 0 Å². The van der Waals surface area contributed by atoms with Crippen LogP contribution in [0.4, 0.5) is 5.69 Å². The Hall–Kier alpha value is -1.71. The van der Waals surface area contributed by atoms with E-state index in [1.807, 2.05) is 13.8 Å². The van der Waals surface area contributed by atoms with Gasteiger partial charge in [0.1, 0.15) is 5.78 Å². The summed E-state index contributed by atoms with van der Waals surface area (Å²) in [7, 11) is 0. The summed E-state index contributed by atoms with van der Waals surface area (Å²) in [5, 5.41) is 10.6. The van der Waals surface area contributed by atoms with Gasteiger partial charge in [-0.1, -0.05) is 19.9 Å². The third-order valence-corrected chi connectivity index (χ3v) is 2.90. The lowest BCUT2D eigenvalue weighted by Gasteiger charge is -2.20. The average Bonchev–Trinajstić information content (AvgIpc) is 2.19. The van der Waals surface area contributed by atoms with Gasteiger partial charge in [-0.2, -0.15) is 0 Å². The monoisotopic (exact) mass is 235 g/mol. The number of carbonyl (C=O) groups is 1. The maximum Gasteiger partial charge on any atom is 0.269 e. The molecule has 17 heavy (non-hydrogen) atoms. The van der Waals surface area contributed by atoms with Gasteiger partial charge in [-0.05, 0) is 30.9 Å². The minimum atomic E-state index is -0.422. The Labute approximate surface area is 101 Å². The van der Waals surface area contributed by atoms with Gasteiger partial charge in [0.25, 0.3) is 5.69 Å². The van der Waals surface area contributed by atoms with E-state index < -0.39 is 4.92 Å². The molecule has 1 aromatic carbocycles. The number of rotatable bonds is 4. The lowest BCUT2D eigenvalue weighted by Crippen LogP contribution is -2.16. The zero-order valence-corrected chi connectivity index (χ0v) is 10.6. The second-order valence-electron chi connectivity index (χ2n) is 4.63. The lowest BCUT2D eigenvalue weighted by molar-refractivity contribution is -0.384. The fourth-order valence-electron chi connectivity index (χ4n) is 2.17. The van der Waals surface area contributed by atoms with Crippen molar-refractivity contribution in [3.05, 3.63) is 39.4 Å². The molecule has 0 radical (unpaired) electrons. The lowest BCUT2D eigenvalue weighted by atomic mass is 9.83. The number of hydrogen-bond donors (Lipinski definition) is 0. The van der Waals surface area contributed by atoms with Crippen molar-refractivity contribution in [2.45, 2.75) is 33.6 Å². The number of nitrogens with zero attached hydrogens (tertiary/aromatic N) is 1. The predicted molar refractivity (Wildman–Crippen MR) is 66.1 cm³/mol. The minimum Gasteiger partial charge on any atom is -0.299 e. The molecular formula is C13H17NO3. The van der Waals surface area contributed by atoms with Gasteiger partial charge in [0, 0.05) is 18.1 Å². The zero-order valence-electron chi connectivity index (χ0n) is 10.6. The van der Waals surface area contributed by atoms with Crippen LogP contribution >= 0.6 is 0 Å². The first-order chi connectivity index (χ1) is 7.84. The zero-order chi connectivity index (χ0) is 13.2. The molecular weight excluding hydrogens is 218 g/mol. The van der Waals surface area contributed by atoms with Gasteiger partial charge in [-0.15, -0.1) is 0 Å². The highest BCUT2D eigenvalue weighted by atomic mass is 16.6. The van der Waals surface area contributed by atoms with Crippen LogP contribution in [0, 0.1) is 23.0 Å². The second-order valence-corrected chi connectivity index (χ2v) is 4.63. The second kappa shape index (κ2) is 5.08. The number of hydrogen-bond acceptors (Lipinski definition) is 3. The molecule has 0 aromatic heterocycles. The molecule has 0 saturated heterocycles. The molecule has 0 aliphatic carbocycles. The Morgan fingerprint density at radius 3 is 2.29 bits per heavy atom. The fourth-order valence-corrected chi connectivity index (χ4v) is 2.17. The third kappa shape index (κ3) is 2.90. The molecule has 0 bridgehead atoms. The summed E-state index contributed by atoms with van der Waals surface area (Å²) < 4.78 is 0. The molecule has 0 aliphatic rings. The largest absolute Gasteiger partial charge is 0.299 e. The van der Waals surface area contributed by atoms with Crippen molar-refractivity contribution >= 4 is 11.5 Å². The van der Waals surface area contributed by atoms with Crippen LogP contribution in [0.5, 0.6) is 0 Å². The van der Waals surface area contributed by atoms with Crippen molar-refractivity contribution in [1.29, 1.82) is 0 Å². The number of non-ortho nitro benzene ring substituents is 1. The summed E-state index contributed by atoms with van der Waals surface area (Å²) in [6, 6.07) is 4.67. The van der Waals surface area contributed by atoms with Crippen molar-refractivity contribution in [3.63, 3.8) is 0 Å². The van der Waals surface area contributed by atoms with E-state index in [4.69, 9.17) is 0 Å². The maximum absolute atomic E-state index is 11.6. The van der Waals surface area contributed by atoms with E-state index in [-0.39, 0.29) is 23.3 Å². The van der Waals surface area contributed by atoms with Gasteiger partial charge in [0.2, 0.25) is 0 Å². The first kappa shape index (κ1) is 13.4. The smallest absolute Gasteiger partial charge is 0.269 e. The third-order valence-electron chi connectivity index (χ3n) is 2.90. The highest BCUT2D eigenvalue weighted by Gasteiger charge is 2.23. The summed E-state index contributed by atoms with van der Waals surface area (Å²) >= 11 is 0. The van der Waals surface area contributed by atoms with Crippen molar-refractivity contribution in [3.8, 4) is 0 Å². The molecule has 1 rings (SSSR count). The number of nitro groups is 1. The standard InChI is InChI=1S/C13H17NO3/c1-8(2)13(10(4)15)12-6-5-11(14(16)17)7-9(12)3/h5-8,13H,1-4H3. The number of nitro benzene ring substituents is 1. The number of Topliss-reactive ketones (excluding diaryl/α,β-unsaturated/α-hetero) is 1. The SMILES string of the molecule is CC(=O)C(c1ccc([N+](=O)[O-])cc1C)C(C)C. The summed E-state index contributed by atoms with van der Waals surface area (Å²) in [4.78, 5) is 21.8. The summed E-state index contributed by atoms with van der Waals surface area (Å²) in [5.74, 6) is 0.0976. The van der Waals surface area contributed by atoms with E-state index in [2.05, 4.69) is 0 Å². The van der Waals surface area contributed by atoms with Crippen LogP contribution in [-0.2, 0) is 4.79 Å². The van der Waals surface area contributed by atoms with Crippen LogP contribution in [0.15, 0.2) is 18.2 Å². The molecule has 0 aliphatic heterocycles. The Morgan fingerprint density at radius 2 is 1.94 bits per heavy atom. The van der Waals surface area contributed by atoms with Crippen LogP contribution in [0.2, 0.25) is 0 Å². The van der Waals surface area contributed by atoms with Crippen LogP contribution in [-0.4, -0.2) is 10.7 Å². The molecule has 0 N–H and O–H groups in total. The van der Waals surface area contributed by atoms with E-state index in [1.54, 1.807) is 19.9 Å². The molecule has 4 heteroatoms. The average molecular weight is 235 g/mol. The highest BCUT2D eigenvalue weighted by molar-refractivity contribution is 5.84.